The Morgan fingerprint density at radius 2 is 2.10 bits per heavy atom. The number of carbonyl (C=O) groups is 2. The predicted molar refractivity (Wildman–Crippen MR) is 80.0 cm³/mol. The van der Waals surface area contributed by atoms with Crippen LogP contribution in [-0.2, 0) is 4.79 Å². The lowest BCUT2D eigenvalue weighted by atomic mass is 9.90. The summed E-state index contributed by atoms with van der Waals surface area (Å²) < 4.78 is 0.769. The highest BCUT2D eigenvalue weighted by Crippen LogP contribution is 2.27. The van der Waals surface area contributed by atoms with Crippen molar-refractivity contribution in [3.05, 3.63) is 33.3 Å². The lowest BCUT2D eigenvalue weighted by Gasteiger charge is -2.34. The van der Waals surface area contributed by atoms with Crippen molar-refractivity contribution in [2.24, 2.45) is 11.8 Å². The number of rotatable bonds is 2. The summed E-state index contributed by atoms with van der Waals surface area (Å²) in [5.74, 6) is -1.41. The van der Waals surface area contributed by atoms with E-state index in [4.69, 9.17) is 16.7 Å². The van der Waals surface area contributed by atoms with E-state index in [0.29, 0.717) is 23.6 Å². The Kier molecular flexibility index (Phi) is 4.70. The number of carboxylic acids is 1. The number of aliphatic carboxylic acids is 1. The lowest BCUT2D eigenvalue weighted by molar-refractivity contribution is -0.143. The van der Waals surface area contributed by atoms with Gasteiger partial charge in [-0.15, -0.1) is 0 Å². The second-order valence-electron chi connectivity index (χ2n) is 5.21. The predicted octanol–water partition coefficient (Wildman–Crippen LogP) is 3.29. The van der Waals surface area contributed by atoms with Gasteiger partial charge in [-0.1, -0.05) is 34.5 Å². The fraction of sp³-hybridized carbons (Fsp3) is 0.429. The Morgan fingerprint density at radius 1 is 1.40 bits per heavy atom. The molecular formula is C14H15BrClNO3. The normalized spacial score (nSPS) is 22.6. The third kappa shape index (κ3) is 3.33. The van der Waals surface area contributed by atoms with Crippen LogP contribution in [0.5, 0.6) is 0 Å². The number of carbonyl (C=O) groups excluding carboxylic acids is 1. The molecule has 2 atom stereocenters. The van der Waals surface area contributed by atoms with Gasteiger partial charge in [-0.2, -0.15) is 0 Å². The van der Waals surface area contributed by atoms with Gasteiger partial charge < -0.3 is 10.0 Å². The standard InChI is InChI=1S/C14H15BrClNO3/c1-8-4-9(14(19)20)7-17(6-8)13(18)11-5-10(15)2-3-12(11)16/h2-3,5,8-9H,4,6-7H2,1H3,(H,19,20). The molecule has 0 bridgehead atoms. The summed E-state index contributed by atoms with van der Waals surface area (Å²) in [6, 6.07) is 5.08. The zero-order valence-corrected chi connectivity index (χ0v) is 13.3. The molecule has 6 heteroatoms. The first-order valence-corrected chi connectivity index (χ1v) is 7.52. The van der Waals surface area contributed by atoms with Crippen molar-refractivity contribution in [2.75, 3.05) is 13.1 Å². The molecule has 0 saturated carbocycles. The molecule has 1 aliphatic rings. The van der Waals surface area contributed by atoms with Crippen molar-refractivity contribution in [3.8, 4) is 0 Å². The summed E-state index contributed by atoms with van der Waals surface area (Å²) in [7, 11) is 0. The highest BCUT2D eigenvalue weighted by atomic mass is 79.9. The quantitative estimate of drug-likeness (QED) is 0.880. The second-order valence-corrected chi connectivity index (χ2v) is 6.53. The molecule has 1 N–H and O–H groups in total. The number of benzene rings is 1. The third-order valence-corrected chi connectivity index (χ3v) is 4.28. The average molecular weight is 361 g/mol. The summed E-state index contributed by atoms with van der Waals surface area (Å²) >= 11 is 9.37. The molecule has 1 fully saturated rings. The molecule has 1 heterocycles. The van der Waals surface area contributed by atoms with Crippen LogP contribution in [-0.4, -0.2) is 35.0 Å². The van der Waals surface area contributed by atoms with Gasteiger partial charge in [0.25, 0.3) is 5.91 Å². The van der Waals surface area contributed by atoms with Gasteiger partial charge in [0.15, 0.2) is 0 Å². The van der Waals surface area contributed by atoms with E-state index >= 15 is 0 Å². The molecule has 2 rings (SSSR count). The summed E-state index contributed by atoms with van der Waals surface area (Å²) in [5, 5.41) is 9.53. The first-order chi connectivity index (χ1) is 9.38. The van der Waals surface area contributed by atoms with Gasteiger partial charge in [-0.05, 0) is 30.5 Å². The van der Waals surface area contributed by atoms with Crippen LogP contribution in [0.4, 0.5) is 0 Å². The van der Waals surface area contributed by atoms with Crippen molar-refractivity contribution >= 4 is 39.4 Å². The molecule has 1 aromatic rings. The highest BCUT2D eigenvalue weighted by Gasteiger charge is 2.32. The first-order valence-electron chi connectivity index (χ1n) is 6.35. The van der Waals surface area contributed by atoms with Crippen LogP contribution in [0.15, 0.2) is 22.7 Å². The van der Waals surface area contributed by atoms with E-state index < -0.39 is 11.9 Å². The van der Waals surface area contributed by atoms with Crippen LogP contribution in [0, 0.1) is 11.8 Å². The molecular weight excluding hydrogens is 346 g/mol. The van der Waals surface area contributed by atoms with Crippen molar-refractivity contribution < 1.29 is 14.7 Å². The van der Waals surface area contributed by atoms with Gasteiger partial charge in [0, 0.05) is 17.6 Å². The van der Waals surface area contributed by atoms with Crippen LogP contribution < -0.4 is 0 Å². The number of likely N-dealkylation sites (tertiary alicyclic amines) is 1. The maximum atomic E-state index is 12.5. The lowest BCUT2D eigenvalue weighted by Crippen LogP contribution is -2.45. The molecule has 20 heavy (non-hydrogen) atoms. The maximum absolute atomic E-state index is 12.5. The van der Waals surface area contributed by atoms with Crippen LogP contribution in [0.2, 0.25) is 5.02 Å². The Hall–Kier alpha value is -1.07. The van der Waals surface area contributed by atoms with E-state index in [2.05, 4.69) is 15.9 Å². The third-order valence-electron chi connectivity index (χ3n) is 3.45. The molecule has 1 aliphatic heterocycles. The van der Waals surface area contributed by atoms with Crippen molar-refractivity contribution in [3.63, 3.8) is 0 Å². The van der Waals surface area contributed by atoms with E-state index in [-0.39, 0.29) is 18.4 Å². The fourth-order valence-corrected chi connectivity index (χ4v) is 3.09. The van der Waals surface area contributed by atoms with E-state index in [1.807, 2.05) is 6.92 Å². The van der Waals surface area contributed by atoms with Gasteiger partial charge in [0.05, 0.1) is 16.5 Å². The number of halogens is 2. The number of carboxylic acid groups (broad SMARTS) is 1. The maximum Gasteiger partial charge on any atom is 0.308 e. The second kappa shape index (κ2) is 6.14. The molecule has 1 saturated heterocycles. The SMILES string of the molecule is CC1CC(C(=O)O)CN(C(=O)c2cc(Br)ccc2Cl)C1. The van der Waals surface area contributed by atoms with Crippen LogP contribution in [0.25, 0.3) is 0 Å². The molecule has 4 nitrogen and oxygen atoms in total. The van der Waals surface area contributed by atoms with Gasteiger partial charge in [0.2, 0.25) is 0 Å². The number of amides is 1. The van der Waals surface area contributed by atoms with Gasteiger partial charge in [-0.25, -0.2) is 0 Å². The minimum Gasteiger partial charge on any atom is -0.481 e. The molecule has 0 aromatic heterocycles. The topological polar surface area (TPSA) is 57.6 Å². The van der Waals surface area contributed by atoms with Gasteiger partial charge in [0.1, 0.15) is 0 Å². The minimum atomic E-state index is -0.852. The number of nitrogens with zero attached hydrogens (tertiary/aromatic N) is 1. The molecule has 0 aliphatic carbocycles. The smallest absolute Gasteiger partial charge is 0.308 e. The summed E-state index contributed by atoms with van der Waals surface area (Å²) in [4.78, 5) is 25.3. The zero-order chi connectivity index (χ0) is 14.9. The Bertz CT molecular complexity index is 549. The molecule has 0 spiro atoms. The highest BCUT2D eigenvalue weighted by molar-refractivity contribution is 9.10. The van der Waals surface area contributed by atoms with Gasteiger partial charge in [-0.3, -0.25) is 9.59 Å². The van der Waals surface area contributed by atoms with E-state index in [9.17, 15) is 9.59 Å². The summed E-state index contributed by atoms with van der Waals surface area (Å²) in [6.07, 6.45) is 0.603. The van der Waals surface area contributed by atoms with Crippen molar-refractivity contribution in [1.29, 1.82) is 0 Å². The van der Waals surface area contributed by atoms with Crippen LogP contribution >= 0.6 is 27.5 Å². The fourth-order valence-electron chi connectivity index (χ4n) is 2.53. The molecule has 2 unspecified atom stereocenters. The van der Waals surface area contributed by atoms with Crippen molar-refractivity contribution in [2.45, 2.75) is 13.3 Å². The summed E-state index contributed by atoms with van der Waals surface area (Å²) in [6.45, 7) is 2.75. The van der Waals surface area contributed by atoms with Gasteiger partial charge >= 0.3 is 5.97 Å². The van der Waals surface area contributed by atoms with Crippen molar-refractivity contribution in [1.82, 2.24) is 4.90 Å². The minimum absolute atomic E-state index is 0.166. The Balaban J connectivity index is 2.23. The summed E-state index contributed by atoms with van der Waals surface area (Å²) in [5.41, 5.74) is 0.402. The first kappa shape index (κ1) is 15.3. The number of piperidine rings is 1. The zero-order valence-electron chi connectivity index (χ0n) is 11.0. The molecule has 1 amide bonds. The van der Waals surface area contributed by atoms with E-state index in [1.165, 1.54) is 0 Å². The van der Waals surface area contributed by atoms with Crippen LogP contribution in [0.3, 0.4) is 0 Å². The number of hydrogen-bond acceptors (Lipinski definition) is 2. The van der Waals surface area contributed by atoms with E-state index in [0.717, 1.165) is 4.47 Å². The Morgan fingerprint density at radius 3 is 2.75 bits per heavy atom. The Labute approximate surface area is 130 Å². The molecule has 0 radical (unpaired) electrons. The molecule has 108 valence electrons. The molecule has 1 aromatic carbocycles. The van der Waals surface area contributed by atoms with Crippen LogP contribution in [0.1, 0.15) is 23.7 Å². The monoisotopic (exact) mass is 359 g/mol. The van der Waals surface area contributed by atoms with E-state index in [1.54, 1.807) is 23.1 Å². The number of hydrogen-bond donors (Lipinski definition) is 1. The largest absolute Gasteiger partial charge is 0.481 e. The average Bonchev–Trinajstić information content (AvgIpc) is 2.40.